The number of likely N-dealkylation sites (tertiary alicyclic amines) is 1. The number of amides is 3. The minimum atomic E-state index is -1.72. The summed E-state index contributed by atoms with van der Waals surface area (Å²) >= 11 is 0. The van der Waals surface area contributed by atoms with Crippen molar-refractivity contribution >= 4 is 23.4 Å². The molecule has 7 heteroatoms. The van der Waals surface area contributed by atoms with E-state index in [1.165, 1.54) is 18.7 Å². The van der Waals surface area contributed by atoms with E-state index in [2.05, 4.69) is 16.6 Å². The number of rotatable bonds is 5. The maximum atomic E-state index is 14.7. The number of carbonyl (C=O) groups is 3. The second-order valence-electron chi connectivity index (χ2n) is 9.75. The normalized spacial score (nSPS) is 22.1. The molecule has 0 aliphatic carbocycles. The molecule has 2 heterocycles. The van der Waals surface area contributed by atoms with Crippen LogP contribution in [0.4, 0.5) is 10.1 Å². The Kier molecular flexibility index (Phi) is 5.94. The van der Waals surface area contributed by atoms with Gasteiger partial charge in [0.1, 0.15) is 11.7 Å². The van der Waals surface area contributed by atoms with Crippen LogP contribution in [0.3, 0.4) is 0 Å². The van der Waals surface area contributed by atoms with Crippen LogP contribution < -0.4 is 10.6 Å². The van der Waals surface area contributed by atoms with Crippen molar-refractivity contribution in [3.8, 4) is 12.3 Å². The summed E-state index contributed by atoms with van der Waals surface area (Å²) in [5.41, 5.74) is 0.0693. The van der Waals surface area contributed by atoms with E-state index in [1.807, 2.05) is 37.3 Å². The molecule has 2 aromatic rings. The standard InChI is InChI=1S/C27H28FN3O3/c1-5-19-14-27(20-11-6-7-12-21(20)30-25(27)34)16-31(19)24(33)22(15-26(3,4)28)29-23(32)18-10-8-9-17(2)13-18/h1,6-13,19,22H,14-16H2,2-4H3,(H,29,32)(H,30,34)/t19-,22+,27+/m1/s1. The van der Waals surface area contributed by atoms with Gasteiger partial charge in [-0.3, -0.25) is 14.4 Å². The van der Waals surface area contributed by atoms with Gasteiger partial charge in [-0.05, 0) is 51.0 Å². The zero-order chi connectivity index (χ0) is 24.7. The van der Waals surface area contributed by atoms with Gasteiger partial charge in [0, 0.05) is 24.2 Å². The predicted molar refractivity (Wildman–Crippen MR) is 128 cm³/mol. The first kappa shape index (κ1) is 23.5. The molecule has 0 unspecified atom stereocenters. The van der Waals surface area contributed by atoms with Crippen molar-refractivity contribution in [1.82, 2.24) is 10.2 Å². The van der Waals surface area contributed by atoms with Gasteiger partial charge in [-0.2, -0.15) is 0 Å². The van der Waals surface area contributed by atoms with Crippen molar-refractivity contribution in [2.24, 2.45) is 0 Å². The summed E-state index contributed by atoms with van der Waals surface area (Å²) in [6.45, 7) is 4.64. The number of para-hydroxylation sites is 1. The minimum Gasteiger partial charge on any atom is -0.340 e. The molecule has 1 saturated heterocycles. The van der Waals surface area contributed by atoms with Gasteiger partial charge in [-0.25, -0.2) is 4.39 Å². The van der Waals surface area contributed by atoms with Gasteiger partial charge in [0.25, 0.3) is 5.91 Å². The number of nitrogens with one attached hydrogen (secondary N) is 2. The summed E-state index contributed by atoms with van der Waals surface area (Å²) in [7, 11) is 0. The number of aryl methyl sites for hydroxylation is 1. The highest BCUT2D eigenvalue weighted by molar-refractivity contribution is 6.07. The number of hydrogen-bond acceptors (Lipinski definition) is 3. The summed E-state index contributed by atoms with van der Waals surface area (Å²) in [5.74, 6) is 1.45. The highest BCUT2D eigenvalue weighted by Crippen LogP contribution is 2.46. The van der Waals surface area contributed by atoms with E-state index in [0.29, 0.717) is 11.3 Å². The molecule has 1 fully saturated rings. The van der Waals surface area contributed by atoms with Gasteiger partial charge in [0.15, 0.2) is 0 Å². The lowest BCUT2D eigenvalue weighted by Gasteiger charge is -2.30. The van der Waals surface area contributed by atoms with E-state index in [0.717, 1.165) is 11.1 Å². The molecule has 3 amide bonds. The number of halogens is 1. The van der Waals surface area contributed by atoms with Crippen molar-refractivity contribution in [3.63, 3.8) is 0 Å². The molecule has 3 atom stereocenters. The van der Waals surface area contributed by atoms with Crippen molar-refractivity contribution in [2.45, 2.75) is 56.8 Å². The van der Waals surface area contributed by atoms with Crippen LogP contribution in [0, 0.1) is 19.3 Å². The zero-order valence-electron chi connectivity index (χ0n) is 19.5. The largest absolute Gasteiger partial charge is 0.340 e. The smallest absolute Gasteiger partial charge is 0.251 e. The summed E-state index contributed by atoms with van der Waals surface area (Å²) < 4.78 is 14.7. The van der Waals surface area contributed by atoms with Crippen LogP contribution in [0.15, 0.2) is 48.5 Å². The van der Waals surface area contributed by atoms with Gasteiger partial charge >= 0.3 is 0 Å². The van der Waals surface area contributed by atoms with Crippen LogP contribution in [0.1, 0.15) is 48.2 Å². The Balaban J connectivity index is 1.64. The lowest BCUT2D eigenvalue weighted by molar-refractivity contribution is -0.134. The molecule has 176 valence electrons. The Labute approximate surface area is 198 Å². The quantitative estimate of drug-likeness (QED) is 0.671. The fourth-order valence-corrected chi connectivity index (χ4v) is 4.93. The Morgan fingerprint density at radius 3 is 2.71 bits per heavy atom. The molecule has 0 radical (unpaired) electrons. The summed E-state index contributed by atoms with van der Waals surface area (Å²) in [6, 6.07) is 12.5. The van der Waals surface area contributed by atoms with Crippen LogP contribution in [0.2, 0.25) is 0 Å². The second-order valence-corrected chi connectivity index (χ2v) is 9.75. The molecular formula is C27H28FN3O3. The zero-order valence-corrected chi connectivity index (χ0v) is 19.5. The van der Waals surface area contributed by atoms with Crippen molar-refractivity contribution < 1.29 is 18.8 Å². The number of terminal acetylenes is 1. The van der Waals surface area contributed by atoms with Gasteiger partial charge in [-0.15, -0.1) is 6.42 Å². The molecule has 2 aromatic carbocycles. The fraction of sp³-hybridized carbons (Fsp3) is 0.370. The predicted octanol–water partition coefficient (Wildman–Crippen LogP) is 3.36. The Hall–Kier alpha value is -3.66. The SMILES string of the molecule is C#C[C@@H]1C[C@@]2(CN1C(=O)[C@H](CC(C)(C)F)NC(=O)c1cccc(C)c1)C(=O)Nc1ccccc12. The third-order valence-corrected chi connectivity index (χ3v) is 6.53. The maximum absolute atomic E-state index is 14.7. The first-order valence-electron chi connectivity index (χ1n) is 11.3. The third-order valence-electron chi connectivity index (χ3n) is 6.53. The molecule has 2 aliphatic rings. The second kappa shape index (κ2) is 8.60. The highest BCUT2D eigenvalue weighted by Gasteiger charge is 2.56. The lowest BCUT2D eigenvalue weighted by Crippen LogP contribution is -2.52. The summed E-state index contributed by atoms with van der Waals surface area (Å²) in [6.07, 6.45) is 5.81. The van der Waals surface area contributed by atoms with Crippen molar-refractivity contribution in [3.05, 3.63) is 65.2 Å². The number of alkyl halides is 1. The van der Waals surface area contributed by atoms with E-state index < -0.39 is 35.0 Å². The van der Waals surface area contributed by atoms with E-state index in [9.17, 15) is 18.8 Å². The van der Waals surface area contributed by atoms with Crippen molar-refractivity contribution in [1.29, 1.82) is 0 Å². The maximum Gasteiger partial charge on any atom is 0.251 e. The van der Waals surface area contributed by atoms with E-state index in [4.69, 9.17) is 6.42 Å². The summed E-state index contributed by atoms with van der Waals surface area (Å²) in [5, 5.41) is 5.59. The van der Waals surface area contributed by atoms with Gasteiger partial charge < -0.3 is 15.5 Å². The third kappa shape index (κ3) is 4.28. The topological polar surface area (TPSA) is 78.5 Å². The lowest BCUT2D eigenvalue weighted by atomic mass is 9.79. The minimum absolute atomic E-state index is 0.0626. The molecule has 34 heavy (non-hydrogen) atoms. The molecular weight excluding hydrogens is 433 g/mol. The molecule has 1 spiro atoms. The van der Waals surface area contributed by atoms with Gasteiger partial charge in [0.05, 0.1) is 11.5 Å². The molecule has 0 bridgehead atoms. The fourth-order valence-electron chi connectivity index (χ4n) is 4.93. The van der Waals surface area contributed by atoms with Crippen LogP contribution in [-0.4, -0.2) is 46.9 Å². The van der Waals surface area contributed by atoms with Crippen LogP contribution >= 0.6 is 0 Å². The van der Waals surface area contributed by atoms with Crippen LogP contribution in [-0.2, 0) is 15.0 Å². The Morgan fingerprint density at radius 1 is 1.29 bits per heavy atom. The molecule has 4 rings (SSSR count). The number of fused-ring (bicyclic) bond motifs is 2. The summed E-state index contributed by atoms with van der Waals surface area (Å²) in [4.78, 5) is 41.1. The van der Waals surface area contributed by atoms with Gasteiger partial charge in [-0.1, -0.05) is 41.8 Å². The van der Waals surface area contributed by atoms with E-state index >= 15 is 0 Å². The first-order valence-corrected chi connectivity index (χ1v) is 11.3. The molecule has 6 nitrogen and oxygen atoms in total. The number of hydrogen-bond donors (Lipinski definition) is 2. The van der Waals surface area contributed by atoms with E-state index in [1.54, 1.807) is 18.2 Å². The Morgan fingerprint density at radius 2 is 2.03 bits per heavy atom. The molecule has 2 N–H and O–H groups in total. The average Bonchev–Trinajstić information content (AvgIpc) is 3.30. The number of nitrogens with zero attached hydrogens (tertiary/aromatic N) is 1. The van der Waals surface area contributed by atoms with Gasteiger partial charge in [0.2, 0.25) is 11.8 Å². The van der Waals surface area contributed by atoms with Crippen LogP contribution in [0.25, 0.3) is 0 Å². The average molecular weight is 462 g/mol. The van der Waals surface area contributed by atoms with Crippen molar-refractivity contribution in [2.75, 3.05) is 11.9 Å². The molecule has 0 aromatic heterocycles. The first-order chi connectivity index (χ1) is 16.0. The van der Waals surface area contributed by atoms with E-state index in [-0.39, 0.29) is 25.3 Å². The number of carbonyl (C=O) groups excluding carboxylic acids is 3. The number of benzene rings is 2. The highest BCUT2D eigenvalue weighted by atomic mass is 19.1. The molecule has 0 saturated carbocycles. The van der Waals surface area contributed by atoms with Crippen LogP contribution in [0.5, 0.6) is 0 Å². The molecule has 2 aliphatic heterocycles. The monoisotopic (exact) mass is 461 g/mol. The Bertz CT molecular complexity index is 1200. The number of anilines is 1.